The van der Waals surface area contributed by atoms with Gasteiger partial charge in [0.1, 0.15) is 23.0 Å². The van der Waals surface area contributed by atoms with Crippen LogP contribution >= 0.6 is 0 Å². The first-order valence-electron chi connectivity index (χ1n) is 21.5. The monoisotopic (exact) mass is 822 g/mol. The van der Waals surface area contributed by atoms with E-state index in [1.807, 2.05) is 24.7 Å². The molecule has 0 amide bonds. The van der Waals surface area contributed by atoms with Crippen LogP contribution in [0.4, 0.5) is 17.2 Å². The van der Waals surface area contributed by atoms with Crippen molar-refractivity contribution in [3.8, 4) is 22.6 Å². The number of anilines is 3. The van der Waals surface area contributed by atoms with Gasteiger partial charge in [0, 0.05) is 46.9 Å². The van der Waals surface area contributed by atoms with E-state index < -0.39 is 8.07 Å². The molecule has 8 aromatic carbocycles. The molecule has 0 spiro atoms. The van der Waals surface area contributed by atoms with Gasteiger partial charge in [0.05, 0.1) is 16.9 Å². The number of fused-ring (bicyclic) bond motifs is 12. The zero-order chi connectivity index (χ0) is 41.5. The van der Waals surface area contributed by atoms with Gasteiger partial charge in [-0.25, -0.2) is 9.97 Å². The van der Waals surface area contributed by atoms with E-state index in [2.05, 4.69) is 209 Å². The summed E-state index contributed by atoms with van der Waals surface area (Å²) in [5.41, 5.74) is 10.7. The minimum Gasteiger partial charge on any atom is -0.457 e. The molecular weight excluding hydrogens is 785 g/mol. The first kappa shape index (κ1) is 35.7. The van der Waals surface area contributed by atoms with Gasteiger partial charge in [-0.1, -0.05) is 158 Å². The van der Waals surface area contributed by atoms with E-state index in [1.54, 1.807) is 0 Å². The van der Waals surface area contributed by atoms with Crippen LogP contribution in [-0.2, 0) is 0 Å². The zero-order valence-corrected chi connectivity index (χ0v) is 35.1. The van der Waals surface area contributed by atoms with Gasteiger partial charge in [-0.15, -0.1) is 0 Å². The molecule has 5 nitrogen and oxygen atoms in total. The Balaban J connectivity index is 1.10. The Labute approximate surface area is 365 Å². The van der Waals surface area contributed by atoms with Gasteiger partial charge in [-0.05, 0) is 90.9 Å². The molecule has 0 bridgehead atoms. The van der Waals surface area contributed by atoms with Gasteiger partial charge in [-0.3, -0.25) is 9.30 Å². The smallest absolute Gasteiger partial charge is 0.184 e. The molecule has 13 rings (SSSR count). The normalized spacial score (nSPS) is 14.6. The van der Waals surface area contributed by atoms with E-state index in [1.165, 1.54) is 59.6 Å². The molecule has 0 saturated heterocycles. The minimum atomic E-state index is -3.05. The van der Waals surface area contributed by atoms with Gasteiger partial charge in [0.2, 0.25) is 0 Å². The van der Waals surface area contributed by atoms with Gasteiger partial charge in [0.15, 0.2) is 8.07 Å². The Bertz CT molecular complexity index is 3520. The number of imidazole rings is 1. The number of para-hydroxylation sites is 1. The molecule has 0 fully saturated rings. The molecule has 4 heterocycles. The van der Waals surface area contributed by atoms with Crippen molar-refractivity contribution in [1.82, 2.24) is 14.4 Å². The summed E-state index contributed by atoms with van der Waals surface area (Å²) >= 11 is 0. The first-order chi connectivity index (χ1) is 31.3. The fourth-order valence-electron chi connectivity index (χ4n) is 10.8. The number of hydrogen-bond acceptors (Lipinski definition) is 4. The van der Waals surface area contributed by atoms with Crippen molar-refractivity contribution in [1.29, 1.82) is 0 Å². The lowest BCUT2D eigenvalue weighted by Gasteiger charge is -2.45. The highest BCUT2D eigenvalue weighted by Crippen LogP contribution is 2.54. The molecule has 1 atom stereocenters. The van der Waals surface area contributed by atoms with E-state index in [0.29, 0.717) is 0 Å². The zero-order valence-electron chi connectivity index (χ0n) is 34.1. The van der Waals surface area contributed by atoms with Crippen LogP contribution in [0, 0.1) is 0 Å². The van der Waals surface area contributed by atoms with Gasteiger partial charge in [-0.2, -0.15) is 0 Å². The van der Waals surface area contributed by atoms with Crippen LogP contribution in [0.2, 0.25) is 0 Å². The third-order valence-corrected chi connectivity index (χ3v) is 18.1. The van der Waals surface area contributed by atoms with Crippen molar-refractivity contribution in [2.45, 2.75) is 5.92 Å². The molecular formula is C57H38N4OSi. The van der Waals surface area contributed by atoms with Crippen molar-refractivity contribution in [3.05, 3.63) is 242 Å². The van der Waals surface area contributed by atoms with E-state index in [4.69, 9.17) is 14.7 Å². The maximum absolute atomic E-state index is 7.00. The third kappa shape index (κ3) is 5.22. The van der Waals surface area contributed by atoms with Gasteiger partial charge >= 0.3 is 0 Å². The average molecular weight is 823 g/mol. The molecule has 0 saturated carbocycles. The quantitative estimate of drug-likeness (QED) is 0.124. The maximum atomic E-state index is 7.00. The summed E-state index contributed by atoms with van der Waals surface area (Å²) in [4.78, 5) is 12.4. The van der Waals surface area contributed by atoms with Crippen molar-refractivity contribution in [2.24, 2.45) is 0 Å². The molecule has 6 heteroatoms. The minimum absolute atomic E-state index is 0.0837. The van der Waals surface area contributed by atoms with Crippen molar-refractivity contribution in [3.63, 3.8) is 0 Å². The lowest BCUT2D eigenvalue weighted by Crippen LogP contribution is -2.77. The second kappa shape index (κ2) is 14.0. The predicted molar refractivity (Wildman–Crippen MR) is 259 cm³/mol. The Morgan fingerprint density at radius 1 is 0.492 bits per heavy atom. The molecule has 63 heavy (non-hydrogen) atoms. The number of hydrogen-bond donors (Lipinski definition) is 0. The molecule has 0 radical (unpaired) electrons. The van der Waals surface area contributed by atoms with Crippen molar-refractivity contribution in [2.75, 3.05) is 4.90 Å². The van der Waals surface area contributed by atoms with E-state index >= 15 is 0 Å². The lowest BCUT2D eigenvalue weighted by molar-refractivity contribution is 0.484. The van der Waals surface area contributed by atoms with Crippen LogP contribution in [0.25, 0.3) is 38.4 Å². The second-order valence-electron chi connectivity index (χ2n) is 16.5. The SMILES string of the molecule is c1ccc(C2c3ccccc3-c3c2ccc2c3N(c3ccccn3)c3cc(Oc4ccc5c6ccccc6n6ccnc6c5c4)ccc3[Si]2(c2ccccc2)c2ccccc2)cc1. The van der Waals surface area contributed by atoms with Crippen LogP contribution in [0.5, 0.6) is 11.5 Å². The summed E-state index contributed by atoms with van der Waals surface area (Å²) in [6, 6.07) is 75.1. The molecule has 3 aromatic heterocycles. The first-order valence-corrected chi connectivity index (χ1v) is 23.5. The molecule has 11 aromatic rings. The highest BCUT2D eigenvalue weighted by Gasteiger charge is 2.51. The topological polar surface area (TPSA) is 42.7 Å². The summed E-state index contributed by atoms with van der Waals surface area (Å²) < 4.78 is 9.16. The van der Waals surface area contributed by atoms with Crippen molar-refractivity contribution < 1.29 is 4.74 Å². The fourth-order valence-corrected chi connectivity index (χ4v) is 15.9. The predicted octanol–water partition coefficient (Wildman–Crippen LogP) is 11.1. The molecule has 1 aliphatic heterocycles. The van der Waals surface area contributed by atoms with E-state index in [-0.39, 0.29) is 5.92 Å². The van der Waals surface area contributed by atoms with Gasteiger partial charge in [0.25, 0.3) is 0 Å². The summed E-state index contributed by atoms with van der Waals surface area (Å²) in [7, 11) is -3.05. The van der Waals surface area contributed by atoms with Crippen LogP contribution in [-0.4, -0.2) is 22.4 Å². The Hall–Kier alpha value is -8.06. The van der Waals surface area contributed by atoms with Crippen LogP contribution in [0.1, 0.15) is 22.6 Å². The number of rotatable bonds is 6. The summed E-state index contributed by atoms with van der Waals surface area (Å²) in [5, 5.41) is 8.62. The molecule has 0 N–H and O–H groups in total. The van der Waals surface area contributed by atoms with E-state index in [0.717, 1.165) is 44.9 Å². The summed E-state index contributed by atoms with van der Waals surface area (Å²) in [6.45, 7) is 0. The summed E-state index contributed by atoms with van der Waals surface area (Å²) in [6.07, 6.45) is 5.81. The molecule has 2 aliphatic rings. The van der Waals surface area contributed by atoms with Gasteiger partial charge < -0.3 is 4.74 Å². The number of aromatic nitrogens is 3. The number of benzene rings is 8. The van der Waals surface area contributed by atoms with Crippen LogP contribution in [0.15, 0.2) is 225 Å². The maximum Gasteiger partial charge on any atom is 0.184 e. The van der Waals surface area contributed by atoms with Crippen LogP contribution < -0.4 is 30.4 Å². The van der Waals surface area contributed by atoms with E-state index in [9.17, 15) is 0 Å². The second-order valence-corrected chi connectivity index (χ2v) is 20.2. The molecule has 1 unspecified atom stereocenters. The fraction of sp³-hybridized carbons (Fsp3) is 0.0175. The lowest BCUT2D eigenvalue weighted by atomic mass is 9.89. The summed E-state index contributed by atoms with van der Waals surface area (Å²) in [5.74, 6) is 2.44. The highest BCUT2D eigenvalue weighted by atomic mass is 28.3. The Morgan fingerprint density at radius 3 is 1.97 bits per heavy atom. The molecule has 296 valence electrons. The van der Waals surface area contributed by atoms with Crippen molar-refractivity contribution >= 4 is 73.3 Å². The average Bonchev–Trinajstić information content (AvgIpc) is 3.99. The largest absolute Gasteiger partial charge is 0.457 e. The highest BCUT2D eigenvalue weighted by molar-refractivity contribution is 7.21. The Kier molecular flexibility index (Phi) is 7.92. The number of ether oxygens (including phenoxy) is 1. The Morgan fingerprint density at radius 2 is 1.17 bits per heavy atom. The number of pyridine rings is 2. The van der Waals surface area contributed by atoms with Crippen LogP contribution in [0.3, 0.4) is 0 Å². The molecule has 1 aliphatic carbocycles. The number of nitrogens with zero attached hydrogens (tertiary/aromatic N) is 4. The third-order valence-electron chi connectivity index (χ3n) is 13.3. The standard InChI is InChI=1S/C57H38N4OSi/c1-4-16-38(17-5-1)54-45-23-10-11-24-46(45)55-47(54)30-32-52-56(55)61(53-26-14-15-33-58-53)50-37-40(28-31-51(50)63(52,41-18-6-2-7-19-41)42-20-8-3-9-21-42)62-39-27-29-43-44-22-12-13-25-49(44)60-35-34-59-57(60)48(43)36-39/h1-37,54H.